The normalized spacial score (nSPS) is 12.1. The number of carbonyl (C=O) groups is 2. The Morgan fingerprint density at radius 1 is 1.62 bits per heavy atom. The fourth-order valence-electron chi connectivity index (χ4n) is 1.28. The summed E-state index contributed by atoms with van der Waals surface area (Å²) in [6.45, 7) is 0.375. The van der Waals surface area contributed by atoms with Crippen molar-refractivity contribution in [3.8, 4) is 0 Å². The molecule has 0 aromatic carbocycles. The molecule has 0 aliphatic heterocycles. The zero-order chi connectivity index (χ0) is 12.0. The lowest BCUT2D eigenvalue weighted by Gasteiger charge is -2.12. The molecule has 0 unspecified atom stereocenters. The topological polar surface area (TPSA) is 96.2 Å². The molecule has 1 aromatic heterocycles. The lowest BCUT2D eigenvalue weighted by Crippen LogP contribution is -2.91. The van der Waals surface area contributed by atoms with Gasteiger partial charge in [0.25, 0.3) is 0 Å². The largest absolute Gasteiger partial charge is 0.550 e. The summed E-state index contributed by atoms with van der Waals surface area (Å²) in [5.41, 5.74) is 0. The van der Waals surface area contributed by atoms with E-state index in [1.807, 2.05) is 0 Å². The maximum atomic E-state index is 11.2. The van der Waals surface area contributed by atoms with Gasteiger partial charge in [-0.05, 0) is 12.1 Å². The number of nitrogens with two attached hydrogens (primary N) is 1. The molecule has 1 heterocycles. The molecular formula is C10H13NO5. The van der Waals surface area contributed by atoms with Crippen molar-refractivity contribution in [3.05, 3.63) is 24.2 Å². The van der Waals surface area contributed by atoms with Crippen molar-refractivity contribution in [3.63, 3.8) is 0 Å². The summed E-state index contributed by atoms with van der Waals surface area (Å²) >= 11 is 0. The summed E-state index contributed by atoms with van der Waals surface area (Å²) in [6.07, 6.45) is 1.13. The number of carbonyl (C=O) groups excluding carboxylic acids is 2. The first kappa shape index (κ1) is 12.3. The van der Waals surface area contributed by atoms with Gasteiger partial charge < -0.3 is 24.4 Å². The first-order valence-electron chi connectivity index (χ1n) is 4.77. The number of carboxylic acid groups (broad SMARTS) is 1. The van der Waals surface area contributed by atoms with E-state index in [2.05, 4.69) is 4.74 Å². The number of methoxy groups -OCH3 is 1. The van der Waals surface area contributed by atoms with Gasteiger partial charge in [-0.2, -0.15) is 0 Å². The Kier molecular flexibility index (Phi) is 4.53. The minimum absolute atomic E-state index is 0.375. The molecule has 6 heteroatoms. The van der Waals surface area contributed by atoms with E-state index in [4.69, 9.17) is 4.42 Å². The van der Waals surface area contributed by atoms with Crippen LogP contribution in [0.5, 0.6) is 0 Å². The molecule has 0 aliphatic carbocycles. The molecule has 16 heavy (non-hydrogen) atoms. The molecule has 0 saturated carbocycles. The van der Waals surface area contributed by atoms with Crippen molar-refractivity contribution in [2.45, 2.75) is 19.0 Å². The summed E-state index contributed by atoms with van der Waals surface area (Å²) in [6, 6.07) is 2.65. The lowest BCUT2D eigenvalue weighted by atomic mass is 10.2. The van der Waals surface area contributed by atoms with Crippen molar-refractivity contribution in [2.24, 2.45) is 0 Å². The quantitative estimate of drug-likeness (QED) is 0.568. The van der Waals surface area contributed by atoms with Crippen molar-refractivity contribution < 1.29 is 29.2 Å². The van der Waals surface area contributed by atoms with Gasteiger partial charge in [-0.15, -0.1) is 0 Å². The highest BCUT2D eigenvalue weighted by Crippen LogP contribution is 1.97. The zero-order valence-corrected chi connectivity index (χ0v) is 8.84. The van der Waals surface area contributed by atoms with Gasteiger partial charge in [0.15, 0.2) is 11.8 Å². The fraction of sp³-hybridized carbons (Fsp3) is 0.400. The smallest absolute Gasteiger partial charge is 0.364 e. The highest BCUT2D eigenvalue weighted by Gasteiger charge is 2.23. The third-order valence-electron chi connectivity index (χ3n) is 2.07. The van der Waals surface area contributed by atoms with Gasteiger partial charge in [-0.1, -0.05) is 0 Å². The van der Waals surface area contributed by atoms with E-state index < -0.39 is 18.0 Å². The predicted octanol–water partition coefficient (Wildman–Crippen LogP) is -1.98. The molecule has 6 nitrogen and oxygen atoms in total. The minimum atomic E-state index is -1.29. The van der Waals surface area contributed by atoms with Crippen LogP contribution in [0.3, 0.4) is 0 Å². The number of carboxylic acids is 1. The number of aliphatic carboxylic acids is 1. The number of quaternary nitrogens is 1. The van der Waals surface area contributed by atoms with Gasteiger partial charge in [0.2, 0.25) is 0 Å². The number of furan rings is 1. The SMILES string of the molecule is COC(=O)[C@@H](CC(=O)[O-])[NH2+]Cc1ccco1. The fourth-order valence-corrected chi connectivity index (χ4v) is 1.28. The van der Waals surface area contributed by atoms with E-state index in [1.165, 1.54) is 13.4 Å². The van der Waals surface area contributed by atoms with Gasteiger partial charge in [-0.25, -0.2) is 4.79 Å². The van der Waals surface area contributed by atoms with Crippen molar-refractivity contribution in [2.75, 3.05) is 7.11 Å². The van der Waals surface area contributed by atoms with Gasteiger partial charge >= 0.3 is 5.97 Å². The molecule has 0 amide bonds. The van der Waals surface area contributed by atoms with Crippen molar-refractivity contribution >= 4 is 11.9 Å². The van der Waals surface area contributed by atoms with E-state index in [1.54, 1.807) is 17.4 Å². The molecule has 0 aliphatic rings. The number of hydrogen-bond acceptors (Lipinski definition) is 5. The van der Waals surface area contributed by atoms with Gasteiger partial charge in [0, 0.05) is 5.97 Å². The third kappa shape index (κ3) is 3.74. The van der Waals surface area contributed by atoms with Crippen LogP contribution in [0.2, 0.25) is 0 Å². The van der Waals surface area contributed by atoms with Crippen LogP contribution < -0.4 is 10.4 Å². The second kappa shape index (κ2) is 5.92. The second-order valence-electron chi connectivity index (χ2n) is 3.22. The molecule has 0 bridgehead atoms. The van der Waals surface area contributed by atoms with Gasteiger partial charge in [-0.3, -0.25) is 0 Å². The molecule has 0 radical (unpaired) electrons. The van der Waals surface area contributed by atoms with Crippen LogP contribution in [0.15, 0.2) is 22.8 Å². The molecule has 1 aromatic rings. The van der Waals surface area contributed by atoms with E-state index in [-0.39, 0.29) is 6.42 Å². The first-order chi connectivity index (χ1) is 7.63. The van der Waals surface area contributed by atoms with Crippen LogP contribution in [0.25, 0.3) is 0 Å². The lowest BCUT2D eigenvalue weighted by molar-refractivity contribution is -0.694. The standard InChI is InChI=1S/C10H13NO5/c1-15-10(14)8(5-9(12)13)11-6-7-3-2-4-16-7/h2-4,8,11H,5-6H2,1H3,(H,12,13)/t8-/m1/s1. The third-order valence-corrected chi connectivity index (χ3v) is 2.07. The predicted molar refractivity (Wildman–Crippen MR) is 49.8 cm³/mol. The number of esters is 1. The molecule has 88 valence electrons. The molecule has 0 saturated heterocycles. The first-order valence-corrected chi connectivity index (χ1v) is 4.77. The average molecular weight is 227 g/mol. The highest BCUT2D eigenvalue weighted by atomic mass is 16.5. The van der Waals surface area contributed by atoms with Gasteiger partial charge in [0.1, 0.15) is 6.54 Å². The Hall–Kier alpha value is -1.82. The molecule has 1 rings (SSSR count). The van der Waals surface area contributed by atoms with E-state index in [9.17, 15) is 14.7 Å². The summed E-state index contributed by atoms with van der Waals surface area (Å²) in [5.74, 6) is -1.21. The van der Waals surface area contributed by atoms with Crippen LogP contribution in [-0.4, -0.2) is 25.1 Å². The number of hydrogen-bond donors (Lipinski definition) is 1. The molecule has 0 fully saturated rings. The molecule has 1 atom stereocenters. The van der Waals surface area contributed by atoms with Crippen LogP contribution in [0, 0.1) is 0 Å². The van der Waals surface area contributed by atoms with Gasteiger partial charge in [0.05, 0.1) is 19.8 Å². The molecule has 2 N–H and O–H groups in total. The monoisotopic (exact) mass is 227 g/mol. The molecular weight excluding hydrogens is 214 g/mol. The van der Waals surface area contributed by atoms with Crippen molar-refractivity contribution in [1.29, 1.82) is 0 Å². The summed E-state index contributed by atoms with van der Waals surface area (Å²) < 4.78 is 9.55. The van der Waals surface area contributed by atoms with E-state index >= 15 is 0 Å². The zero-order valence-electron chi connectivity index (χ0n) is 8.84. The average Bonchev–Trinajstić information content (AvgIpc) is 2.75. The Balaban J connectivity index is 2.50. The Morgan fingerprint density at radius 3 is 2.88 bits per heavy atom. The number of rotatable bonds is 6. The molecule has 0 spiro atoms. The summed E-state index contributed by atoms with van der Waals surface area (Å²) in [4.78, 5) is 21.7. The summed E-state index contributed by atoms with van der Waals surface area (Å²) in [7, 11) is 1.21. The van der Waals surface area contributed by atoms with Crippen LogP contribution in [0.4, 0.5) is 0 Å². The highest BCUT2D eigenvalue weighted by molar-refractivity contribution is 5.79. The second-order valence-corrected chi connectivity index (χ2v) is 3.22. The van der Waals surface area contributed by atoms with Crippen LogP contribution >= 0.6 is 0 Å². The Bertz CT molecular complexity index is 346. The maximum Gasteiger partial charge on any atom is 0.364 e. The summed E-state index contributed by atoms with van der Waals surface area (Å²) in [5, 5.41) is 12.0. The Morgan fingerprint density at radius 2 is 2.38 bits per heavy atom. The van der Waals surface area contributed by atoms with Crippen LogP contribution in [0.1, 0.15) is 12.2 Å². The van der Waals surface area contributed by atoms with E-state index in [0.29, 0.717) is 12.3 Å². The maximum absolute atomic E-state index is 11.2. The number of ether oxygens (including phenoxy) is 1. The van der Waals surface area contributed by atoms with E-state index in [0.717, 1.165) is 0 Å². The van der Waals surface area contributed by atoms with Crippen molar-refractivity contribution in [1.82, 2.24) is 0 Å². The van der Waals surface area contributed by atoms with Crippen LogP contribution in [-0.2, 0) is 20.9 Å². The Labute approximate surface area is 92.2 Å². The minimum Gasteiger partial charge on any atom is -0.550 e.